The van der Waals surface area contributed by atoms with Gasteiger partial charge in [0.05, 0.1) is 5.75 Å². The average Bonchev–Trinajstić information content (AvgIpc) is 3.31. The van der Waals surface area contributed by atoms with Crippen LogP contribution in [0.1, 0.15) is 45.1 Å². The van der Waals surface area contributed by atoms with Crippen LogP contribution < -0.4 is 4.90 Å². The summed E-state index contributed by atoms with van der Waals surface area (Å²) in [7, 11) is 0. The lowest BCUT2D eigenvalue weighted by Crippen LogP contribution is -2.29. The quantitative estimate of drug-likeness (QED) is 0.741. The Morgan fingerprint density at radius 2 is 2.15 bits per heavy atom. The molecule has 6 nitrogen and oxygen atoms in total. The molecule has 0 unspecified atom stereocenters. The molecule has 0 amide bonds. The van der Waals surface area contributed by atoms with Crippen LogP contribution in [0, 0.1) is 0 Å². The van der Waals surface area contributed by atoms with Crippen LogP contribution in [0.2, 0.25) is 0 Å². The molecule has 2 aliphatic carbocycles. The fourth-order valence-electron chi connectivity index (χ4n) is 2.42. The van der Waals surface area contributed by atoms with Crippen LogP contribution in [0.15, 0.2) is 5.16 Å². The highest BCUT2D eigenvalue weighted by Gasteiger charge is 2.36. The van der Waals surface area contributed by atoms with Crippen molar-refractivity contribution in [1.29, 1.82) is 0 Å². The third-order valence-electron chi connectivity index (χ3n) is 3.59. The lowest BCUT2D eigenvalue weighted by molar-refractivity contribution is -0.133. The van der Waals surface area contributed by atoms with Crippen molar-refractivity contribution >= 4 is 23.7 Å². The largest absolute Gasteiger partial charge is 0.481 e. The van der Waals surface area contributed by atoms with E-state index in [9.17, 15) is 4.79 Å². The molecule has 1 aromatic heterocycles. The highest BCUT2D eigenvalue weighted by molar-refractivity contribution is 7.99. The van der Waals surface area contributed by atoms with Crippen LogP contribution in [0.4, 0.5) is 5.95 Å². The van der Waals surface area contributed by atoms with Gasteiger partial charge in [0, 0.05) is 18.6 Å². The van der Waals surface area contributed by atoms with E-state index in [4.69, 9.17) is 5.11 Å². The molecule has 0 aromatic carbocycles. The summed E-state index contributed by atoms with van der Waals surface area (Å²) in [6.07, 6.45) is 5.85. The molecule has 0 radical (unpaired) electrons. The summed E-state index contributed by atoms with van der Waals surface area (Å²) < 4.78 is 2.17. The smallest absolute Gasteiger partial charge is 0.313 e. The fraction of sp³-hybridized carbons (Fsp3) is 0.769. The van der Waals surface area contributed by atoms with Gasteiger partial charge in [0.1, 0.15) is 0 Å². The Bertz CT molecular complexity index is 497. The Balaban J connectivity index is 1.83. The van der Waals surface area contributed by atoms with Gasteiger partial charge in [-0.15, -0.1) is 10.2 Å². The molecule has 1 N–H and O–H groups in total. The summed E-state index contributed by atoms with van der Waals surface area (Å²) >= 11 is 1.28. The number of aromatic nitrogens is 3. The van der Waals surface area contributed by atoms with Crippen molar-refractivity contribution in [3.8, 4) is 0 Å². The maximum atomic E-state index is 10.7. The van der Waals surface area contributed by atoms with Crippen molar-refractivity contribution in [2.24, 2.45) is 0 Å². The molecule has 1 heterocycles. The number of thioether (sulfide) groups is 1. The van der Waals surface area contributed by atoms with Gasteiger partial charge in [-0.2, -0.15) is 0 Å². The second-order valence-electron chi connectivity index (χ2n) is 5.49. The molecule has 3 rings (SSSR count). The highest BCUT2D eigenvalue weighted by Crippen LogP contribution is 2.42. The van der Waals surface area contributed by atoms with E-state index >= 15 is 0 Å². The molecule has 110 valence electrons. The van der Waals surface area contributed by atoms with Crippen molar-refractivity contribution in [2.75, 3.05) is 17.2 Å². The number of anilines is 1. The third-order valence-corrected chi connectivity index (χ3v) is 4.52. The number of rotatable bonds is 8. The Morgan fingerprint density at radius 3 is 2.70 bits per heavy atom. The van der Waals surface area contributed by atoms with Crippen LogP contribution in [0.5, 0.6) is 0 Å². The van der Waals surface area contributed by atoms with Gasteiger partial charge in [-0.25, -0.2) is 0 Å². The third kappa shape index (κ3) is 2.92. The zero-order valence-corrected chi connectivity index (χ0v) is 12.5. The molecule has 0 atom stereocenters. The van der Waals surface area contributed by atoms with Crippen molar-refractivity contribution in [1.82, 2.24) is 14.8 Å². The Kier molecular flexibility index (Phi) is 3.87. The van der Waals surface area contributed by atoms with E-state index in [2.05, 4.69) is 26.6 Å². The predicted molar refractivity (Wildman–Crippen MR) is 77.3 cm³/mol. The fourth-order valence-corrected chi connectivity index (χ4v) is 3.14. The number of nitrogens with zero attached hydrogens (tertiary/aromatic N) is 4. The molecule has 7 heteroatoms. The summed E-state index contributed by atoms with van der Waals surface area (Å²) in [6.45, 7) is 3.17. The van der Waals surface area contributed by atoms with Gasteiger partial charge in [0.25, 0.3) is 0 Å². The minimum Gasteiger partial charge on any atom is -0.481 e. The molecule has 0 aliphatic heterocycles. The Labute approximate surface area is 122 Å². The molecule has 2 saturated carbocycles. The number of aliphatic carboxylic acids is 1. The van der Waals surface area contributed by atoms with E-state index in [-0.39, 0.29) is 5.75 Å². The molecule has 0 saturated heterocycles. The summed E-state index contributed by atoms with van der Waals surface area (Å²) in [4.78, 5) is 13.1. The van der Waals surface area contributed by atoms with Gasteiger partial charge in [0.15, 0.2) is 5.16 Å². The number of carboxylic acid groups (broad SMARTS) is 1. The number of carbonyl (C=O) groups is 1. The van der Waals surface area contributed by atoms with Gasteiger partial charge in [-0.1, -0.05) is 18.7 Å². The summed E-state index contributed by atoms with van der Waals surface area (Å²) in [5.41, 5.74) is 0. The number of hydrogen-bond acceptors (Lipinski definition) is 5. The standard InChI is InChI=1S/C13H20N4O2S/c1-2-7-16(9-3-4-9)12-14-15-13(20-8-11(18)19)17(12)10-5-6-10/h9-10H,2-8H2,1H3,(H,18,19). The van der Waals surface area contributed by atoms with Crippen LogP contribution >= 0.6 is 11.8 Å². The topological polar surface area (TPSA) is 71.2 Å². The van der Waals surface area contributed by atoms with Gasteiger partial charge in [0.2, 0.25) is 5.95 Å². The average molecular weight is 296 g/mol. The van der Waals surface area contributed by atoms with Gasteiger partial charge in [-0.3, -0.25) is 9.36 Å². The van der Waals surface area contributed by atoms with E-state index in [1.165, 1.54) is 24.6 Å². The zero-order valence-electron chi connectivity index (χ0n) is 11.7. The lowest BCUT2D eigenvalue weighted by Gasteiger charge is -2.23. The lowest BCUT2D eigenvalue weighted by atomic mass is 10.4. The summed E-state index contributed by atoms with van der Waals surface area (Å²) in [5.74, 6) is 0.182. The summed E-state index contributed by atoms with van der Waals surface area (Å²) in [5, 5.41) is 18.2. The van der Waals surface area contributed by atoms with Crippen molar-refractivity contribution in [2.45, 2.75) is 56.3 Å². The second-order valence-corrected chi connectivity index (χ2v) is 6.43. The van der Waals surface area contributed by atoms with Gasteiger partial charge < -0.3 is 10.0 Å². The predicted octanol–water partition coefficient (Wildman–Crippen LogP) is 2.17. The van der Waals surface area contributed by atoms with Crippen LogP contribution in [-0.2, 0) is 4.79 Å². The first kappa shape index (κ1) is 13.7. The van der Waals surface area contributed by atoms with Crippen molar-refractivity contribution in [3.05, 3.63) is 0 Å². The SMILES string of the molecule is CCCN(c1nnc(SCC(=O)O)n1C1CC1)C1CC1. The van der Waals surface area contributed by atoms with Gasteiger partial charge >= 0.3 is 5.97 Å². The molecule has 0 bridgehead atoms. The van der Waals surface area contributed by atoms with E-state index in [1.54, 1.807) is 0 Å². The molecule has 2 aliphatic rings. The maximum Gasteiger partial charge on any atom is 0.313 e. The van der Waals surface area contributed by atoms with E-state index in [0.29, 0.717) is 12.1 Å². The summed E-state index contributed by atoms with van der Waals surface area (Å²) in [6, 6.07) is 1.07. The Morgan fingerprint density at radius 1 is 1.40 bits per heavy atom. The van der Waals surface area contributed by atoms with Crippen LogP contribution in [0.25, 0.3) is 0 Å². The minimum atomic E-state index is -0.811. The van der Waals surface area contributed by atoms with E-state index in [1.807, 2.05) is 0 Å². The van der Waals surface area contributed by atoms with Crippen molar-refractivity contribution < 1.29 is 9.90 Å². The molecule has 1 aromatic rings. The van der Waals surface area contributed by atoms with Gasteiger partial charge in [-0.05, 0) is 32.1 Å². The normalized spacial score (nSPS) is 18.2. The molecule has 2 fully saturated rings. The zero-order chi connectivity index (χ0) is 14.1. The van der Waals surface area contributed by atoms with E-state index in [0.717, 1.165) is 36.9 Å². The molecular formula is C13H20N4O2S. The van der Waals surface area contributed by atoms with Crippen LogP contribution in [-0.4, -0.2) is 44.2 Å². The molecule has 20 heavy (non-hydrogen) atoms. The first-order valence-corrected chi connectivity index (χ1v) is 8.25. The number of carboxylic acids is 1. The monoisotopic (exact) mass is 296 g/mol. The first-order valence-electron chi connectivity index (χ1n) is 7.26. The van der Waals surface area contributed by atoms with Crippen molar-refractivity contribution in [3.63, 3.8) is 0 Å². The highest BCUT2D eigenvalue weighted by atomic mass is 32.2. The molecule has 0 spiro atoms. The van der Waals surface area contributed by atoms with Crippen LogP contribution in [0.3, 0.4) is 0 Å². The molecular weight excluding hydrogens is 276 g/mol. The second kappa shape index (κ2) is 5.63. The Hall–Kier alpha value is -1.24. The maximum absolute atomic E-state index is 10.7. The first-order chi connectivity index (χ1) is 9.70. The van der Waals surface area contributed by atoms with E-state index < -0.39 is 5.97 Å². The number of hydrogen-bond donors (Lipinski definition) is 1. The minimum absolute atomic E-state index is 0.0437.